The molecule has 5 rings (SSSR count). The first-order valence-electron chi connectivity index (χ1n) is 10.6. The van der Waals surface area contributed by atoms with E-state index in [4.69, 9.17) is 42.8 Å². The minimum atomic E-state index is -0.654. The molecule has 35 heavy (non-hydrogen) atoms. The molecule has 0 saturated heterocycles. The van der Waals surface area contributed by atoms with Crippen LogP contribution in [-0.4, -0.2) is 5.97 Å². The van der Waals surface area contributed by atoms with Gasteiger partial charge in [-0.2, -0.15) is 5.26 Å². The van der Waals surface area contributed by atoms with Gasteiger partial charge in [-0.25, -0.2) is 4.79 Å². The van der Waals surface area contributed by atoms with Crippen LogP contribution in [0.1, 0.15) is 38.7 Å². The van der Waals surface area contributed by atoms with Crippen LogP contribution in [0, 0.1) is 25.2 Å². The summed E-state index contributed by atoms with van der Waals surface area (Å²) >= 11 is 12.3. The second kappa shape index (κ2) is 8.70. The molecule has 1 aromatic heterocycles. The number of halogens is 2. The zero-order valence-corrected chi connectivity index (χ0v) is 20.2. The summed E-state index contributed by atoms with van der Waals surface area (Å²) in [5.74, 6) is -0.397. The third kappa shape index (κ3) is 3.99. The predicted octanol–water partition coefficient (Wildman–Crippen LogP) is 6.79. The highest BCUT2D eigenvalue weighted by molar-refractivity contribution is 6.32. The number of rotatable bonds is 3. The van der Waals surface area contributed by atoms with Crippen molar-refractivity contribution in [3.05, 3.63) is 104 Å². The van der Waals surface area contributed by atoms with Gasteiger partial charge in [0.1, 0.15) is 28.7 Å². The summed E-state index contributed by atoms with van der Waals surface area (Å²) in [6, 6.07) is 17.8. The predicted molar refractivity (Wildman–Crippen MR) is 133 cm³/mol. The van der Waals surface area contributed by atoms with Gasteiger partial charge in [0.25, 0.3) is 0 Å². The van der Waals surface area contributed by atoms with E-state index in [1.54, 1.807) is 49.4 Å². The molecular formula is C27H18Cl2N2O4. The lowest BCUT2D eigenvalue weighted by Crippen LogP contribution is -2.21. The van der Waals surface area contributed by atoms with E-state index in [0.717, 1.165) is 16.5 Å². The van der Waals surface area contributed by atoms with Crippen LogP contribution in [0.5, 0.6) is 11.5 Å². The van der Waals surface area contributed by atoms with Crippen molar-refractivity contribution in [3.63, 3.8) is 0 Å². The SMILES string of the molecule is Cc1cc2oc(C(=O)Oc3ccc4c(c3)OC(N)=C(C#N)C4c3ccc(Cl)cc3)c(C)c2cc1Cl. The van der Waals surface area contributed by atoms with E-state index in [1.807, 2.05) is 19.1 Å². The summed E-state index contributed by atoms with van der Waals surface area (Å²) in [6.45, 7) is 3.63. The summed E-state index contributed by atoms with van der Waals surface area (Å²) < 4.78 is 17.1. The molecule has 3 aromatic carbocycles. The fourth-order valence-corrected chi connectivity index (χ4v) is 4.48. The largest absolute Gasteiger partial charge is 0.449 e. The Bertz CT molecular complexity index is 1580. The lowest BCUT2D eigenvalue weighted by atomic mass is 9.83. The van der Waals surface area contributed by atoms with E-state index in [9.17, 15) is 10.1 Å². The first-order chi connectivity index (χ1) is 16.8. The van der Waals surface area contributed by atoms with Crippen molar-refractivity contribution < 1.29 is 18.7 Å². The number of nitrogens with zero attached hydrogens (tertiary/aromatic N) is 1. The third-order valence-corrected chi connectivity index (χ3v) is 6.67. The Labute approximate surface area is 211 Å². The average molecular weight is 505 g/mol. The van der Waals surface area contributed by atoms with Gasteiger partial charge in [-0.15, -0.1) is 0 Å². The molecule has 1 aliphatic heterocycles. The van der Waals surface area contributed by atoms with Crippen LogP contribution < -0.4 is 15.2 Å². The molecule has 1 unspecified atom stereocenters. The van der Waals surface area contributed by atoms with Gasteiger partial charge in [0.05, 0.1) is 5.92 Å². The smallest absolute Gasteiger partial charge is 0.379 e. The first kappa shape index (κ1) is 22.9. The molecule has 6 nitrogen and oxygen atoms in total. The zero-order chi connectivity index (χ0) is 24.9. The first-order valence-corrected chi connectivity index (χ1v) is 11.4. The van der Waals surface area contributed by atoms with Crippen molar-refractivity contribution >= 4 is 40.1 Å². The van der Waals surface area contributed by atoms with Crippen LogP contribution in [0.3, 0.4) is 0 Å². The number of fused-ring (bicyclic) bond motifs is 2. The Morgan fingerprint density at radius 1 is 1.09 bits per heavy atom. The van der Waals surface area contributed by atoms with Gasteiger partial charge < -0.3 is 19.6 Å². The van der Waals surface area contributed by atoms with E-state index in [-0.39, 0.29) is 23.0 Å². The number of hydrogen-bond acceptors (Lipinski definition) is 6. The summed E-state index contributed by atoms with van der Waals surface area (Å²) in [5.41, 5.74) is 9.93. The van der Waals surface area contributed by atoms with E-state index >= 15 is 0 Å². The summed E-state index contributed by atoms with van der Waals surface area (Å²) in [5, 5.41) is 11.6. The number of furan rings is 1. The fraction of sp³-hybridized carbons (Fsp3) is 0.111. The van der Waals surface area contributed by atoms with Gasteiger partial charge >= 0.3 is 5.97 Å². The Morgan fingerprint density at radius 3 is 2.54 bits per heavy atom. The third-order valence-electron chi connectivity index (χ3n) is 6.01. The standard InChI is InChI=1S/C27H18Cl2N2O4/c1-13-9-22-19(11-21(13)29)14(2)25(34-22)27(32)33-17-7-8-18-23(10-17)35-26(31)20(12-30)24(18)15-3-5-16(28)6-4-15/h3-11,24H,31H2,1-2H3. The van der Waals surface area contributed by atoms with Gasteiger partial charge in [0.15, 0.2) is 0 Å². The average Bonchev–Trinajstić information content (AvgIpc) is 3.14. The number of esters is 1. The van der Waals surface area contributed by atoms with E-state index in [2.05, 4.69) is 6.07 Å². The molecule has 0 saturated carbocycles. The van der Waals surface area contributed by atoms with Crippen molar-refractivity contribution in [1.29, 1.82) is 5.26 Å². The monoisotopic (exact) mass is 504 g/mol. The summed E-state index contributed by atoms with van der Waals surface area (Å²) in [4.78, 5) is 12.9. The quantitative estimate of drug-likeness (QED) is 0.243. The van der Waals surface area contributed by atoms with Gasteiger partial charge in [-0.3, -0.25) is 0 Å². The Morgan fingerprint density at radius 2 is 1.83 bits per heavy atom. The van der Waals surface area contributed by atoms with Crippen LogP contribution in [0.2, 0.25) is 10.0 Å². The van der Waals surface area contributed by atoms with E-state index < -0.39 is 11.9 Å². The van der Waals surface area contributed by atoms with Gasteiger partial charge in [0, 0.05) is 32.6 Å². The molecule has 1 atom stereocenters. The summed E-state index contributed by atoms with van der Waals surface area (Å²) in [7, 11) is 0. The number of nitriles is 1. The highest BCUT2D eigenvalue weighted by Gasteiger charge is 2.31. The van der Waals surface area contributed by atoms with Crippen molar-refractivity contribution in [3.8, 4) is 17.6 Å². The molecule has 2 heterocycles. The maximum Gasteiger partial charge on any atom is 0.379 e. The number of carbonyl (C=O) groups is 1. The minimum absolute atomic E-state index is 0.0104. The second-order valence-corrected chi connectivity index (χ2v) is 9.06. The number of nitrogens with two attached hydrogens (primary N) is 1. The van der Waals surface area contributed by atoms with Crippen LogP contribution in [-0.2, 0) is 0 Å². The number of ether oxygens (including phenoxy) is 2. The lowest BCUT2D eigenvalue weighted by molar-refractivity contribution is 0.0702. The van der Waals surface area contributed by atoms with Gasteiger partial charge in [-0.1, -0.05) is 41.4 Å². The number of hydrogen-bond donors (Lipinski definition) is 1. The maximum atomic E-state index is 12.9. The molecular weight excluding hydrogens is 487 g/mol. The Kier molecular flexibility index (Phi) is 5.68. The summed E-state index contributed by atoms with van der Waals surface area (Å²) in [6.07, 6.45) is 0. The number of allylic oxidation sites excluding steroid dienone is 1. The van der Waals surface area contributed by atoms with Crippen molar-refractivity contribution in [2.45, 2.75) is 19.8 Å². The molecule has 4 aromatic rings. The zero-order valence-electron chi connectivity index (χ0n) is 18.7. The molecule has 2 N–H and O–H groups in total. The van der Waals surface area contributed by atoms with Gasteiger partial charge in [-0.05, 0) is 55.3 Å². The van der Waals surface area contributed by atoms with Crippen LogP contribution >= 0.6 is 23.2 Å². The number of benzene rings is 3. The Hall–Kier alpha value is -3.92. The van der Waals surface area contributed by atoms with E-state index in [1.165, 1.54) is 0 Å². The van der Waals surface area contributed by atoms with Gasteiger partial charge in [0.2, 0.25) is 11.6 Å². The van der Waals surface area contributed by atoms with Crippen LogP contribution in [0.4, 0.5) is 0 Å². The molecule has 0 bridgehead atoms. The molecule has 0 radical (unpaired) electrons. The van der Waals surface area contributed by atoms with Crippen molar-refractivity contribution in [2.75, 3.05) is 0 Å². The van der Waals surface area contributed by atoms with Crippen molar-refractivity contribution in [2.24, 2.45) is 5.73 Å². The molecule has 0 fully saturated rings. The molecule has 8 heteroatoms. The number of carbonyl (C=O) groups excluding carboxylic acids is 1. The maximum absolute atomic E-state index is 12.9. The topological polar surface area (TPSA) is 98.5 Å². The minimum Gasteiger partial charge on any atom is -0.449 e. The molecule has 0 aliphatic carbocycles. The van der Waals surface area contributed by atoms with Crippen molar-refractivity contribution in [1.82, 2.24) is 0 Å². The molecule has 0 amide bonds. The lowest BCUT2D eigenvalue weighted by Gasteiger charge is -2.26. The number of aryl methyl sites for hydroxylation is 2. The molecule has 174 valence electrons. The van der Waals surface area contributed by atoms with E-state index in [0.29, 0.717) is 32.5 Å². The molecule has 0 spiro atoms. The van der Waals surface area contributed by atoms with Crippen LogP contribution in [0.25, 0.3) is 11.0 Å². The fourth-order valence-electron chi connectivity index (χ4n) is 4.19. The highest BCUT2D eigenvalue weighted by Crippen LogP contribution is 2.43. The molecule has 1 aliphatic rings. The normalized spacial score (nSPS) is 14.9. The van der Waals surface area contributed by atoms with Crippen LogP contribution in [0.15, 0.2) is 70.5 Å². The Balaban J connectivity index is 1.49. The highest BCUT2D eigenvalue weighted by atomic mass is 35.5. The second-order valence-electron chi connectivity index (χ2n) is 8.22.